The molecule has 98 valence electrons. The molecule has 1 amide bonds. The summed E-state index contributed by atoms with van der Waals surface area (Å²) in [6.07, 6.45) is 0. The number of hydrogen-bond acceptors (Lipinski definition) is 2. The van der Waals surface area contributed by atoms with Gasteiger partial charge in [0.2, 0.25) is 5.91 Å². The molecule has 1 N–H and O–H groups in total. The van der Waals surface area contributed by atoms with Gasteiger partial charge < -0.3 is 5.32 Å². The van der Waals surface area contributed by atoms with E-state index < -0.39 is 5.92 Å². The molecule has 1 aromatic rings. The van der Waals surface area contributed by atoms with Gasteiger partial charge in [-0.15, -0.1) is 0 Å². The summed E-state index contributed by atoms with van der Waals surface area (Å²) in [4.78, 5) is 12.9. The maximum atomic E-state index is 12.6. The number of likely N-dealkylation sites (tertiary alicyclic amines) is 1. The molecule has 6 heteroatoms. The standard InChI is InChI=1S/C12H13ClF2N2O/c13-10-4-2-1-3-9(10)5-16-11(18)6-17-7-12(14,15)8-17/h1-4H,5-8H2,(H,16,18). The van der Waals surface area contributed by atoms with Crippen molar-refractivity contribution in [2.45, 2.75) is 12.5 Å². The first kappa shape index (κ1) is 13.2. The highest BCUT2D eigenvalue weighted by molar-refractivity contribution is 6.31. The van der Waals surface area contributed by atoms with E-state index in [1.54, 1.807) is 18.2 Å². The molecule has 1 heterocycles. The maximum Gasteiger partial charge on any atom is 0.272 e. The van der Waals surface area contributed by atoms with Crippen molar-refractivity contribution in [1.29, 1.82) is 0 Å². The van der Waals surface area contributed by atoms with Crippen molar-refractivity contribution >= 4 is 17.5 Å². The fourth-order valence-electron chi connectivity index (χ4n) is 1.81. The van der Waals surface area contributed by atoms with Gasteiger partial charge in [0.05, 0.1) is 19.6 Å². The monoisotopic (exact) mass is 274 g/mol. The number of amides is 1. The lowest BCUT2D eigenvalue weighted by molar-refractivity contribution is -0.144. The Labute approximate surface area is 109 Å². The Bertz CT molecular complexity index is 445. The third kappa shape index (κ3) is 3.40. The molecule has 0 saturated carbocycles. The number of rotatable bonds is 4. The van der Waals surface area contributed by atoms with E-state index >= 15 is 0 Å². The van der Waals surface area contributed by atoms with E-state index in [1.165, 1.54) is 4.90 Å². The van der Waals surface area contributed by atoms with Gasteiger partial charge in [0, 0.05) is 11.6 Å². The zero-order valence-electron chi connectivity index (χ0n) is 9.63. The van der Waals surface area contributed by atoms with Crippen molar-refractivity contribution in [1.82, 2.24) is 10.2 Å². The number of nitrogens with zero attached hydrogens (tertiary/aromatic N) is 1. The summed E-state index contributed by atoms with van der Waals surface area (Å²) in [5.41, 5.74) is 0.807. The maximum absolute atomic E-state index is 12.6. The predicted octanol–water partition coefficient (Wildman–Crippen LogP) is 1.91. The summed E-state index contributed by atoms with van der Waals surface area (Å²) >= 11 is 5.93. The van der Waals surface area contributed by atoms with E-state index in [-0.39, 0.29) is 25.5 Å². The summed E-state index contributed by atoms with van der Waals surface area (Å²) < 4.78 is 25.1. The molecule has 1 aliphatic rings. The zero-order valence-corrected chi connectivity index (χ0v) is 10.4. The van der Waals surface area contributed by atoms with E-state index in [0.29, 0.717) is 11.6 Å². The first-order chi connectivity index (χ1) is 8.46. The van der Waals surface area contributed by atoms with Gasteiger partial charge in [-0.2, -0.15) is 0 Å². The number of alkyl halides is 2. The van der Waals surface area contributed by atoms with Crippen molar-refractivity contribution in [3.63, 3.8) is 0 Å². The normalized spacial score (nSPS) is 18.2. The Morgan fingerprint density at radius 1 is 1.39 bits per heavy atom. The molecule has 1 aromatic carbocycles. The van der Waals surface area contributed by atoms with E-state index in [4.69, 9.17) is 11.6 Å². The second-order valence-electron chi connectivity index (χ2n) is 4.37. The molecular formula is C12H13ClF2N2O. The minimum Gasteiger partial charge on any atom is -0.351 e. The quantitative estimate of drug-likeness (QED) is 0.910. The SMILES string of the molecule is O=C(CN1CC(F)(F)C1)NCc1ccccc1Cl. The van der Waals surface area contributed by atoms with Crippen molar-refractivity contribution in [3.05, 3.63) is 34.9 Å². The van der Waals surface area contributed by atoms with Gasteiger partial charge in [-0.3, -0.25) is 9.69 Å². The Morgan fingerprint density at radius 3 is 2.67 bits per heavy atom. The molecule has 2 rings (SSSR count). The first-order valence-electron chi connectivity index (χ1n) is 5.56. The Hall–Kier alpha value is -1.20. The summed E-state index contributed by atoms with van der Waals surface area (Å²) in [5.74, 6) is -2.91. The molecule has 0 bridgehead atoms. The molecule has 0 radical (unpaired) electrons. The predicted molar refractivity (Wildman–Crippen MR) is 64.7 cm³/mol. The topological polar surface area (TPSA) is 32.3 Å². The summed E-state index contributed by atoms with van der Waals surface area (Å²) in [6, 6.07) is 7.17. The van der Waals surface area contributed by atoms with Gasteiger partial charge in [0.15, 0.2) is 0 Å². The van der Waals surface area contributed by atoms with Crippen LogP contribution in [0.5, 0.6) is 0 Å². The van der Waals surface area contributed by atoms with E-state index in [1.807, 2.05) is 6.07 Å². The molecule has 18 heavy (non-hydrogen) atoms. The summed E-state index contributed by atoms with van der Waals surface area (Å²) in [5, 5.41) is 3.23. The summed E-state index contributed by atoms with van der Waals surface area (Å²) in [7, 11) is 0. The Balaban J connectivity index is 1.74. The molecule has 0 aliphatic carbocycles. The molecule has 1 aliphatic heterocycles. The molecule has 0 aromatic heterocycles. The van der Waals surface area contributed by atoms with Crippen molar-refractivity contribution in [3.8, 4) is 0 Å². The van der Waals surface area contributed by atoms with Crippen LogP contribution in [0.15, 0.2) is 24.3 Å². The fraction of sp³-hybridized carbons (Fsp3) is 0.417. The number of carbonyl (C=O) groups excluding carboxylic acids is 1. The van der Waals surface area contributed by atoms with Gasteiger partial charge in [0.25, 0.3) is 5.92 Å². The molecule has 1 saturated heterocycles. The Kier molecular flexibility index (Phi) is 3.82. The zero-order chi connectivity index (χ0) is 13.2. The number of halogens is 3. The number of carbonyl (C=O) groups is 1. The smallest absolute Gasteiger partial charge is 0.272 e. The van der Waals surface area contributed by atoms with Gasteiger partial charge in [-0.05, 0) is 11.6 Å². The van der Waals surface area contributed by atoms with Crippen LogP contribution in [-0.4, -0.2) is 36.4 Å². The van der Waals surface area contributed by atoms with Crippen LogP contribution in [0.2, 0.25) is 5.02 Å². The molecule has 0 unspecified atom stereocenters. The molecule has 3 nitrogen and oxygen atoms in total. The van der Waals surface area contributed by atoms with Crippen molar-refractivity contribution in [2.24, 2.45) is 0 Å². The van der Waals surface area contributed by atoms with Crippen LogP contribution in [0.4, 0.5) is 8.78 Å². The van der Waals surface area contributed by atoms with Crippen LogP contribution in [0.25, 0.3) is 0 Å². The van der Waals surface area contributed by atoms with Crippen LogP contribution in [0, 0.1) is 0 Å². The van der Waals surface area contributed by atoms with Gasteiger partial charge in [-0.1, -0.05) is 29.8 Å². The lowest BCUT2D eigenvalue weighted by Gasteiger charge is -2.38. The van der Waals surface area contributed by atoms with Crippen molar-refractivity contribution < 1.29 is 13.6 Å². The third-order valence-electron chi connectivity index (χ3n) is 2.71. The largest absolute Gasteiger partial charge is 0.351 e. The molecule has 0 atom stereocenters. The average molecular weight is 275 g/mol. The fourth-order valence-corrected chi connectivity index (χ4v) is 2.02. The molecule has 0 spiro atoms. The minimum atomic E-state index is -2.64. The van der Waals surface area contributed by atoms with E-state index in [9.17, 15) is 13.6 Å². The number of nitrogens with one attached hydrogen (secondary N) is 1. The van der Waals surface area contributed by atoms with Crippen LogP contribution in [-0.2, 0) is 11.3 Å². The first-order valence-corrected chi connectivity index (χ1v) is 5.94. The highest BCUT2D eigenvalue weighted by atomic mass is 35.5. The second kappa shape index (κ2) is 5.20. The van der Waals surface area contributed by atoms with Crippen LogP contribution >= 0.6 is 11.6 Å². The lowest BCUT2D eigenvalue weighted by atomic mass is 10.1. The number of hydrogen-bond donors (Lipinski definition) is 1. The van der Waals surface area contributed by atoms with Gasteiger partial charge in [-0.25, -0.2) is 8.78 Å². The second-order valence-corrected chi connectivity index (χ2v) is 4.78. The minimum absolute atomic E-state index is 0.0000423. The van der Waals surface area contributed by atoms with E-state index in [0.717, 1.165) is 5.56 Å². The molecular weight excluding hydrogens is 262 g/mol. The van der Waals surface area contributed by atoms with Gasteiger partial charge >= 0.3 is 0 Å². The van der Waals surface area contributed by atoms with Crippen LogP contribution in [0.1, 0.15) is 5.56 Å². The van der Waals surface area contributed by atoms with Gasteiger partial charge in [0.1, 0.15) is 0 Å². The summed E-state index contributed by atoms with van der Waals surface area (Å²) in [6.45, 7) is -0.373. The lowest BCUT2D eigenvalue weighted by Crippen LogP contribution is -2.58. The number of benzene rings is 1. The Morgan fingerprint density at radius 2 is 2.06 bits per heavy atom. The van der Waals surface area contributed by atoms with Crippen molar-refractivity contribution in [2.75, 3.05) is 19.6 Å². The average Bonchev–Trinajstić information content (AvgIpc) is 2.25. The third-order valence-corrected chi connectivity index (χ3v) is 3.08. The molecule has 1 fully saturated rings. The highest BCUT2D eigenvalue weighted by Gasteiger charge is 2.44. The van der Waals surface area contributed by atoms with E-state index in [2.05, 4.69) is 5.32 Å². The van der Waals surface area contributed by atoms with Crippen LogP contribution in [0.3, 0.4) is 0 Å². The highest BCUT2D eigenvalue weighted by Crippen LogP contribution is 2.25. The van der Waals surface area contributed by atoms with Crippen LogP contribution < -0.4 is 5.32 Å².